The summed E-state index contributed by atoms with van der Waals surface area (Å²) in [5.74, 6) is 0. The summed E-state index contributed by atoms with van der Waals surface area (Å²) in [6.45, 7) is 8.44. The molecule has 0 saturated carbocycles. The van der Waals surface area contributed by atoms with Crippen LogP contribution in [0.2, 0.25) is 0 Å². The number of ether oxygens (including phenoxy) is 2. The Morgan fingerprint density at radius 1 is 1.19 bits per heavy atom. The van der Waals surface area contributed by atoms with E-state index >= 15 is 0 Å². The number of hydrogen-bond donors (Lipinski definition) is 0. The highest BCUT2D eigenvalue weighted by molar-refractivity contribution is 5.13. The molecular weight excluding hydrogens is 200 g/mol. The van der Waals surface area contributed by atoms with Gasteiger partial charge in [-0.05, 0) is 5.56 Å². The predicted octanol–water partition coefficient (Wildman–Crippen LogP) is 3.31. The van der Waals surface area contributed by atoms with Crippen LogP contribution < -0.4 is 0 Å². The van der Waals surface area contributed by atoms with Gasteiger partial charge in [-0.2, -0.15) is 0 Å². The van der Waals surface area contributed by atoms with Crippen LogP contribution in [0.5, 0.6) is 0 Å². The standard InChI is InChI=1S/C14H18O2/c1-3-14(10-11-15-4-2)16-12-13-8-6-5-7-9-13/h3-9,14H,1-2,10-12H2. The summed E-state index contributed by atoms with van der Waals surface area (Å²) in [7, 11) is 0. The molecule has 0 fully saturated rings. The maximum atomic E-state index is 5.69. The van der Waals surface area contributed by atoms with Crippen LogP contribution in [0.4, 0.5) is 0 Å². The molecule has 0 radical (unpaired) electrons. The van der Waals surface area contributed by atoms with Crippen LogP contribution in [-0.4, -0.2) is 12.7 Å². The predicted molar refractivity (Wildman–Crippen MR) is 66.0 cm³/mol. The normalized spacial score (nSPS) is 11.8. The molecule has 0 bridgehead atoms. The lowest BCUT2D eigenvalue weighted by Crippen LogP contribution is -2.12. The van der Waals surface area contributed by atoms with Crippen molar-refractivity contribution in [2.75, 3.05) is 6.61 Å². The van der Waals surface area contributed by atoms with Crippen molar-refractivity contribution >= 4 is 0 Å². The first-order valence-corrected chi connectivity index (χ1v) is 5.37. The molecule has 1 rings (SSSR count). The Morgan fingerprint density at radius 3 is 2.56 bits per heavy atom. The van der Waals surface area contributed by atoms with Gasteiger partial charge < -0.3 is 9.47 Å². The molecule has 0 spiro atoms. The fraction of sp³-hybridized carbons (Fsp3) is 0.286. The lowest BCUT2D eigenvalue weighted by atomic mass is 10.2. The molecule has 0 aliphatic heterocycles. The Balaban J connectivity index is 2.28. The van der Waals surface area contributed by atoms with Gasteiger partial charge in [0, 0.05) is 6.42 Å². The summed E-state index contributed by atoms with van der Waals surface area (Å²) in [6.07, 6.45) is 4.06. The SMILES string of the molecule is C=COCCC(C=C)OCc1ccccc1. The first-order valence-electron chi connectivity index (χ1n) is 5.37. The van der Waals surface area contributed by atoms with E-state index in [-0.39, 0.29) is 6.10 Å². The highest BCUT2D eigenvalue weighted by atomic mass is 16.5. The minimum Gasteiger partial charge on any atom is -0.502 e. The third-order valence-corrected chi connectivity index (χ3v) is 2.21. The fourth-order valence-electron chi connectivity index (χ4n) is 1.31. The second-order valence-electron chi connectivity index (χ2n) is 3.40. The summed E-state index contributed by atoms with van der Waals surface area (Å²) in [4.78, 5) is 0. The first kappa shape index (κ1) is 12.5. The van der Waals surface area contributed by atoms with Crippen molar-refractivity contribution in [1.82, 2.24) is 0 Å². The highest BCUT2D eigenvalue weighted by Crippen LogP contribution is 2.06. The molecule has 1 unspecified atom stereocenters. The van der Waals surface area contributed by atoms with Crippen molar-refractivity contribution in [2.45, 2.75) is 19.1 Å². The Labute approximate surface area is 97.2 Å². The Morgan fingerprint density at radius 2 is 1.94 bits per heavy atom. The van der Waals surface area contributed by atoms with Crippen LogP contribution >= 0.6 is 0 Å². The third-order valence-electron chi connectivity index (χ3n) is 2.21. The van der Waals surface area contributed by atoms with Gasteiger partial charge in [0.05, 0.1) is 25.6 Å². The monoisotopic (exact) mass is 218 g/mol. The maximum Gasteiger partial charge on any atom is 0.0900 e. The van der Waals surface area contributed by atoms with Gasteiger partial charge in [-0.25, -0.2) is 0 Å². The molecule has 0 amide bonds. The summed E-state index contributed by atoms with van der Waals surface area (Å²) in [5.41, 5.74) is 1.17. The highest BCUT2D eigenvalue weighted by Gasteiger charge is 2.04. The molecule has 16 heavy (non-hydrogen) atoms. The van der Waals surface area contributed by atoms with Crippen LogP contribution in [0, 0.1) is 0 Å². The van der Waals surface area contributed by atoms with Crippen LogP contribution in [0.1, 0.15) is 12.0 Å². The topological polar surface area (TPSA) is 18.5 Å². The zero-order valence-electron chi connectivity index (χ0n) is 9.47. The van der Waals surface area contributed by atoms with Crippen molar-refractivity contribution in [1.29, 1.82) is 0 Å². The summed E-state index contributed by atoms with van der Waals surface area (Å²) in [6, 6.07) is 10.1. The number of hydrogen-bond acceptors (Lipinski definition) is 2. The molecule has 1 aromatic carbocycles. The molecule has 0 N–H and O–H groups in total. The van der Waals surface area contributed by atoms with Crippen LogP contribution in [0.25, 0.3) is 0 Å². The van der Waals surface area contributed by atoms with E-state index < -0.39 is 0 Å². The fourth-order valence-corrected chi connectivity index (χ4v) is 1.31. The van der Waals surface area contributed by atoms with Crippen molar-refractivity contribution < 1.29 is 9.47 Å². The minimum absolute atomic E-state index is 0.0279. The van der Waals surface area contributed by atoms with Gasteiger partial charge in [-0.1, -0.05) is 43.0 Å². The number of rotatable bonds is 8. The maximum absolute atomic E-state index is 5.69. The molecule has 1 atom stereocenters. The van der Waals surface area contributed by atoms with Gasteiger partial charge in [0.15, 0.2) is 0 Å². The Hall–Kier alpha value is -1.54. The molecule has 0 aliphatic rings. The van der Waals surface area contributed by atoms with E-state index in [4.69, 9.17) is 9.47 Å². The lowest BCUT2D eigenvalue weighted by Gasteiger charge is -2.13. The van der Waals surface area contributed by atoms with Crippen LogP contribution in [0.15, 0.2) is 55.8 Å². The molecule has 0 aromatic heterocycles. The molecule has 2 heteroatoms. The lowest BCUT2D eigenvalue weighted by molar-refractivity contribution is 0.0524. The zero-order chi connectivity index (χ0) is 11.6. The van der Waals surface area contributed by atoms with Crippen LogP contribution in [0.3, 0.4) is 0 Å². The average molecular weight is 218 g/mol. The summed E-state index contributed by atoms with van der Waals surface area (Å²) in [5, 5.41) is 0. The molecule has 86 valence electrons. The van der Waals surface area contributed by atoms with Crippen molar-refractivity contribution in [3.05, 3.63) is 61.4 Å². The van der Waals surface area contributed by atoms with Gasteiger partial charge in [-0.15, -0.1) is 6.58 Å². The largest absolute Gasteiger partial charge is 0.502 e. The molecule has 0 heterocycles. The Bertz CT molecular complexity index is 306. The summed E-state index contributed by atoms with van der Waals surface area (Å²) >= 11 is 0. The van der Waals surface area contributed by atoms with E-state index in [1.807, 2.05) is 30.3 Å². The van der Waals surface area contributed by atoms with Crippen LogP contribution in [-0.2, 0) is 16.1 Å². The van der Waals surface area contributed by atoms with E-state index in [2.05, 4.69) is 13.2 Å². The smallest absolute Gasteiger partial charge is 0.0900 e. The van der Waals surface area contributed by atoms with Crippen molar-refractivity contribution in [3.8, 4) is 0 Å². The third kappa shape index (κ3) is 4.80. The number of benzene rings is 1. The van der Waals surface area contributed by atoms with Crippen molar-refractivity contribution in [3.63, 3.8) is 0 Å². The molecule has 0 aliphatic carbocycles. The molecule has 0 saturated heterocycles. The van der Waals surface area contributed by atoms with Crippen molar-refractivity contribution in [2.24, 2.45) is 0 Å². The van der Waals surface area contributed by atoms with E-state index in [1.165, 1.54) is 11.8 Å². The van der Waals surface area contributed by atoms with E-state index in [0.29, 0.717) is 13.2 Å². The Kier molecular flexibility index (Phi) is 6.04. The van der Waals surface area contributed by atoms with Gasteiger partial charge in [0.2, 0.25) is 0 Å². The minimum atomic E-state index is 0.0279. The molecule has 2 nitrogen and oxygen atoms in total. The second-order valence-corrected chi connectivity index (χ2v) is 3.40. The average Bonchev–Trinajstić information content (AvgIpc) is 2.35. The first-order chi connectivity index (χ1) is 7.86. The van der Waals surface area contributed by atoms with Gasteiger partial charge in [-0.3, -0.25) is 0 Å². The van der Waals surface area contributed by atoms with E-state index in [0.717, 1.165) is 6.42 Å². The molecular formula is C14H18O2. The quantitative estimate of drug-likeness (QED) is 0.378. The second kappa shape index (κ2) is 7.71. The van der Waals surface area contributed by atoms with Gasteiger partial charge in [0.1, 0.15) is 0 Å². The van der Waals surface area contributed by atoms with E-state index in [1.54, 1.807) is 6.08 Å². The summed E-state index contributed by atoms with van der Waals surface area (Å²) < 4.78 is 10.7. The van der Waals surface area contributed by atoms with Gasteiger partial charge in [0.25, 0.3) is 0 Å². The van der Waals surface area contributed by atoms with Gasteiger partial charge >= 0.3 is 0 Å². The van der Waals surface area contributed by atoms with E-state index in [9.17, 15) is 0 Å². The zero-order valence-corrected chi connectivity index (χ0v) is 9.47. The molecule has 1 aromatic rings.